The Morgan fingerprint density at radius 2 is 1.67 bits per heavy atom. The molecule has 0 aliphatic carbocycles. The number of anilines is 2. The molecule has 0 aromatic heterocycles. The van der Waals surface area contributed by atoms with Crippen LogP contribution in [0.2, 0.25) is 0 Å². The van der Waals surface area contributed by atoms with Crippen molar-refractivity contribution in [3.63, 3.8) is 0 Å². The topological polar surface area (TPSA) is 61.4 Å². The van der Waals surface area contributed by atoms with Gasteiger partial charge in [0.25, 0.3) is 0 Å². The van der Waals surface area contributed by atoms with Crippen molar-refractivity contribution in [3.8, 4) is 0 Å². The molecule has 0 bridgehead atoms. The van der Waals surface area contributed by atoms with E-state index in [2.05, 4.69) is 15.5 Å². The Labute approximate surface area is 160 Å². The van der Waals surface area contributed by atoms with Gasteiger partial charge in [-0.1, -0.05) is 35.9 Å². The summed E-state index contributed by atoms with van der Waals surface area (Å²) >= 11 is 0. The van der Waals surface area contributed by atoms with Gasteiger partial charge in [-0.05, 0) is 57.5 Å². The van der Waals surface area contributed by atoms with E-state index in [1.807, 2.05) is 68.4 Å². The van der Waals surface area contributed by atoms with Crippen molar-refractivity contribution in [3.05, 3.63) is 60.2 Å². The highest BCUT2D eigenvalue weighted by Gasteiger charge is 2.30. The smallest absolute Gasteiger partial charge is 0.241 e. The molecule has 2 N–H and O–H groups in total. The van der Waals surface area contributed by atoms with Crippen molar-refractivity contribution < 1.29 is 9.59 Å². The molecule has 5 nitrogen and oxygen atoms in total. The fourth-order valence-corrected chi connectivity index (χ4v) is 3.39. The SMILES string of the molecule is Cc1ccc(NC(=O)[C@@H](C)N2CCC[C@H](C(=O)Nc3ccccc3)C2)cc1. The van der Waals surface area contributed by atoms with Crippen molar-refractivity contribution in [2.24, 2.45) is 5.92 Å². The predicted octanol–water partition coefficient (Wildman–Crippen LogP) is 3.67. The molecule has 142 valence electrons. The van der Waals surface area contributed by atoms with Gasteiger partial charge < -0.3 is 10.6 Å². The average Bonchev–Trinajstić information content (AvgIpc) is 2.70. The minimum absolute atomic E-state index is 0.0250. The molecule has 0 spiro atoms. The lowest BCUT2D eigenvalue weighted by molar-refractivity contribution is -0.125. The first kappa shape index (κ1) is 19.1. The molecular formula is C22H27N3O2. The number of hydrogen-bond acceptors (Lipinski definition) is 3. The summed E-state index contributed by atoms with van der Waals surface area (Å²) in [6.45, 7) is 5.35. The Bertz CT molecular complexity index is 774. The van der Waals surface area contributed by atoms with Gasteiger partial charge in [0.2, 0.25) is 11.8 Å². The maximum Gasteiger partial charge on any atom is 0.241 e. The molecule has 2 aromatic carbocycles. The predicted molar refractivity (Wildman–Crippen MR) is 109 cm³/mol. The van der Waals surface area contributed by atoms with E-state index in [4.69, 9.17) is 0 Å². The van der Waals surface area contributed by atoms with Crippen molar-refractivity contribution in [2.45, 2.75) is 32.7 Å². The van der Waals surface area contributed by atoms with Crippen LogP contribution in [0, 0.1) is 12.8 Å². The highest BCUT2D eigenvalue weighted by molar-refractivity contribution is 5.95. The number of para-hydroxylation sites is 1. The molecule has 27 heavy (non-hydrogen) atoms. The maximum absolute atomic E-state index is 12.6. The molecule has 0 radical (unpaired) electrons. The molecule has 0 saturated carbocycles. The van der Waals surface area contributed by atoms with E-state index < -0.39 is 0 Å². The van der Waals surface area contributed by atoms with Crippen molar-refractivity contribution in [2.75, 3.05) is 23.7 Å². The molecule has 2 atom stereocenters. The Morgan fingerprint density at radius 1 is 1.00 bits per heavy atom. The second-order valence-corrected chi connectivity index (χ2v) is 7.22. The van der Waals surface area contributed by atoms with Crippen LogP contribution in [-0.2, 0) is 9.59 Å². The molecule has 3 rings (SSSR count). The quantitative estimate of drug-likeness (QED) is 0.850. The van der Waals surface area contributed by atoms with Crippen LogP contribution < -0.4 is 10.6 Å². The van der Waals surface area contributed by atoms with Gasteiger partial charge in [-0.15, -0.1) is 0 Å². The normalized spacial score (nSPS) is 18.5. The van der Waals surface area contributed by atoms with Crippen molar-refractivity contribution in [1.82, 2.24) is 4.90 Å². The number of nitrogens with zero attached hydrogens (tertiary/aromatic N) is 1. The third-order valence-corrected chi connectivity index (χ3v) is 5.11. The number of likely N-dealkylation sites (tertiary alicyclic amines) is 1. The van der Waals surface area contributed by atoms with E-state index in [0.717, 1.165) is 36.3 Å². The van der Waals surface area contributed by atoms with Crippen LogP contribution in [0.5, 0.6) is 0 Å². The Morgan fingerprint density at radius 3 is 2.37 bits per heavy atom. The summed E-state index contributed by atoms with van der Waals surface area (Å²) in [6, 6.07) is 17.0. The van der Waals surface area contributed by atoms with Crippen LogP contribution in [0.3, 0.4) is 0 Å². The summed E-state index contributed by atoms with van der Waals surface area (Å²) < 4.78 is 0. The lowest BCUT2D eigenvalue weighted by Gasteiger charge is -2.35. The summed E-state index contributed by atoms with van der Waals surface area (Å²) in [4.78, 5) is 27.3. The highest BCUT2D eigenvalue weighted by atomic mass is 16.2. The van der Waals surface area contributed by atoms with E-state index in [1.165, 1.54) is 0 Å². The van der Waals surface area contributed by atoms with Gasteiger partial charge in [-0.2, -0.15) is 0 Å². The number of piperidine rings is 1. The maximum atomic E-state index is 12.6. The van der Waals surface area contributed by atoms with Crippen molar-refractivity contribution in [1.29, 1.82) is 0 Å². The number of rotatable bonds is 5. The van der Waals surface area contributed by atoms with E-state index in [0.29, 0.717) is 6.54 Å². The van der Waals surface area contributed by atoms with Crippen molar-refractivity contribution >= 4 is 23.2 Å². The molecule has 5 heteroatoms. The number of hydrogen-bond donors (Lipinski definition) is 2. The number of carbonyl (C=O) groups is 2. The van der Waals surface area contributed by atoms with Crippen LogP contribution in [0.25, 0.3) is 0 Å². The zero-order chi connectivity index (χ0) is 19.2. The second kappa shape index (κ2) is 8.82. The minimum atomic E-state index is -0.279. The Balaban J connectivity index is 1.57. The lowest BCUT2D eigenvalue weighted by atomic mass is 9.95. The summed E-state index contributed by atoms with van der Waals surface area (Å²) in [5.41, 5.74) is 2.77. The standard InChI is InChI=1S/C22H27N3O2/c1-16-10-12-20(13-11-16)23-21(26)17(2)25-14-6-7-18(15-25)22(27)24-19-8-4-3-5-9-19/h3-5,8-13,17-18H,6-7,14-15H2,1-2H3,(H,23,26)(H,24,27)/t17-,18+/m1/s1. The van der Waals surface area contributed by atoms with Gasteiger partial charge >= 0.3 is 0 Å². The van der Waals surface area contributed by atoms with Gasteiger partial charge in [0.05, 0.1) is 12.0 Å². The van der Waals surface area contributed by atoms with E-state index >= 15 is 0 Å². The zero-order valence-electron chi connectivity index (χ0n) is 15.9. The van der Waals surface area contributed by atoms with E-state index in [-0.39, 0.29) is 23.8 Å². The minimum Gasteiger partial charge on any atom is -0.326 e. The number of nitrogens with one attached hydrogen (secondary N) is 2. The number of aryl methyl sites for hydroxylation is 1. The van der Waals surface area contributed by atoms with Gasteiger partial charge in [-0.3, -0.25) is 14.5 Å². The van der Waals surface area contributed by atoms with Crippen LogP contribution in [0.4, 0.5) is 11.4 Å². The first-order valence-electron chi connectivity index (χ1n) is 9.50. The first-order chi connectivity index (χ1) is 13.0. The van der Waals surface area contributed by atoms with Crippen LogP contribution in [-0.4, -0.2) is 35.8 Å². The molecule has 1 heterocycles. The number of benzene rings is 2. The molecular weight excluding hydrogens is 338 g/mol. The second-order valence-electron chi connectivity index (χ2n) is 7.22. The lowest BCUT2D eigenvalue weighted by Crippen LogP contribution is -2.49. The number of amides is 2. The number of carbonyl (C=O) groups excluding carboxylic acids is 2. The summed E-state index contributed by atoms with van der Waals surface area (Å²) in [6.07, 6.45) is 1.76. The molecule has 1 saturated heterocycles. The largest absolute Gasteiger partial charge is 0.326 e. The summed E-state index contributed by atoms with van der Waals surface area (Å²) in [5, 5.41) is 5.95. The van der Waals surface area contributed by atoms with Crippen LogP contribution in [0.15, 0.2) is 54.6 Å². The van der Waals surface area contributed by atoms with Gasteiger partial charge in [0.1, 0.15) is 0 Å². The summed E-state index contributed by atoms with van der Waals surface area (Å²) in [5.74, 6) is -0.117. The highest BCUT2D eigenvalue weighted by Crippen LogP contribution is 2.21. The molecule has 1 aliphatic rings. The van der Waals surface area contributed by atoms with Gasteiger partial charge in [0, 0.05) is 17.9 Å². The average molecular weight is 365 g/mol. The first-order valence-corrected chi connectivity index (χ1v) is 9.50. The third kappa shape index (κ3) is 5.17. The zero-order valence-corrected chi connectivity index (χ0v) is 15.9. The van der Waals surface area contributed by atoms with Gasteiger partial charge in [0.15, 0.2) is 0 Å². The molecule has 0 unspecified atom stereocenters. The van der Waals surface area contributed by atoms with E-state index in [9.17, 15) is 9.59 Å². The molecule has 2 amide bonds. The Hall–Kier alpha value is -2.66. The molecule has 2 aromatic rings. The monoisotopic (exact) mass is 365 g/mol. The molecule has 1 fully saturated rings. The van der Waals surface area contributed by atoms with Gasteiger partial charge in [-0.25, -0.2) is 0 Å². The Kier molecular flexibility index (Phi) is 6.24. The molecule has 1 aliphatic heterocycles. The summed E-state index contributed by atoms with van der Waals surface area (Å²) in [7, 11) is 0. The fourth-order valence-electron chi connectivity index (χ4n) is 3.39. The van der Waals surface area contributed by atoms with Crippen LogP contribution >= 0.6 is 0 Å². The van der Waals surface area contributed by atoms with Crippen LogP contribution in [0.1, 0.15) is 25.3 Å². The third-order valence-electron chi connectivity index (χ3n) is 5.11. The van der Waals surface area contributed by atoms with E-state index in [1.54, 1.807) is 0 Å². The fraction of sp³-hybridized carbons (Fsp3) is 0.364.